The summed E-state index contributed by atoms with van der Waals surface area (Å²) in [6.07, 6.45) is 2.55. The maximum Gasteiger partial charge on any atom is 0.257 e. The Morgan fingerprint density at radius 1 is 1.23 bits per heavy atom. The second-order valence-corrected chi connectivity index (χ2v) is 7.33. The van der Waals surface area contributed by atoms with Gasteiger partial charge in [0.25, 0.3) is 5.91 Å². The number of hydrogen-bond acceptors (Lipinski definition) is 5. The van der Waals surface area contributed by atoms with E-state index in [4.69, 9.17) is 11.6 Å². The summed E-state index contributed by atoms with van der Waals surface area (Å²) in [5.41, 5.74) is 1.07. The quantitative estimate of drug-likeness (QED) is 0.894. The summed E-state index contributed by atoms with van der Waals surface area (Å²) >= 11 is 5.92. The van der Waals surface area contributed by atoms with Crippen LogP contribution in [0.1, 0.15) is 34.5 Å². The molecule has 0 atom stereocenters. The van der Waals surface area contributed by atoms with Crippen LogP contribution in [0.3, 0.4) is 0 Å². The van der Waals surface area contributed by atoms with Gasteiger partial charge in [0.05, 0.1) is 16.9 Å². The summed E-state index contributed by atoms with van der Waals surface area (Å²) in [7, 11) is 3.72. The van der Waals surface area contributed by atoms with Gasteiger partial charge in [-0.3, -0.25) is 4.79 Å². The fraction of sp³-hybridized carbons (Fsp3) is 0.421. The summed E-state index contributed by atoms with van der Waals surface area (Å²) in [5, 5.41) is 11.6. The van der Waals surface area contributed by atoms with Gasteiger partial charge in [-0.2, -0.15) is 0 Å². The Balaban J connectivity index is 1.71. The molecular weight excluding hydrogens is 352 g/mol. The number of likely N-dealkylation sites (tertiary alicyclic amines) is 1. The van der Waals surface area contributed by atoms with Crippen LogP contribution >= 0.6 is 11.6 Å². The van der Waals surface area contributed by atoms with Gasteiger partial charge in [-0.05, 0) is 37.5 Å². The van der Waals surface area contributed by atoms with Crippen molar-refractivity contribution >= 4 is 23.5 Å². The Labute approximate surface area is 158 Å². The minimum Gasteiger partial charge on any atom is -0.385 e. The number of benzene rings is 1. The number of hydrogen-bond donors (Lipinski definition) is 1. The molecule has 1 aromatic heterocycles. The Kier molecular flexibility index (Phi) is 5.16. The van der Waals surface area contributed by atoms with E-state index in [0.717, 1.165) is 5.56 Å². The van der Waals surface area contributed by atoms with Crippen molar-refractivity contribution in [2.75, 3.05) is 32.1 Å². The number of carbonyl (C=O) groups excluding carboxylic acids is 1. The molecule has 138 valence electrons. The number of nitrogens with zero attached hydrogens (tertiary/aromatic N) is 4. The smallest absolute Gasteiger partial charge is 0.257 e. The van der Waals surface area contributed by atoms with Crippen LogP contribution in [0.2, 0.25) is 5.02 Å². The lowest BCUT2D eigenvalue weighted by molar-refractivity contribution is -0.0211. The first-order chi connectivity index (χ1) is 12.3. The average Bonchev–Trinajstić information content (AvgIpc) is 2.62. The molecule has 1 amide bonds. The van der Waals surface area contributed by atoms with Gasteiger partial charge in [-0.25, -0.2) is 9.97 Å². The van der Waals surface area contributed by atoms with Crippen LogP contribution in [0.4, 0.5) is 5.95 Å². The normalized spacial score (nSPS) is 16.4. The first-order valence-corrected chi connectivity index (χ1v) is 8.96. The standard InChI is InChI=1S/C19H23ClN4O2/c1-13-16(12-21-18(22-13)23(2)3)17(25)24-10-8-19(26,9-11-24)14-4-6-15(20)7-5-14/h4-7,12,26H,8-11H2,1-3H3. The molecule has 0 unspecified atom stereocenters. The van der Waals surface area contributed by atoms with Gasteiger partial charge in [0.15, 0.2) is 0 Å². The van der Waals surface area contributed by atoms with Crippen molar-refractivity contribution in [2.24, 2.45) is 0 Å². The fourth-order valence-corrected chi connectivity index (χ4v) is 3.31. The highest BCUT2D eigenvalue weighted by Crippen LogP contribution is 2.33. The minimum absolute atomic E-state index is 0.0917. The highest BCUT2D eigenvalue weighted by Gasteiger charge is 2.36. The first kappa shape index (κ1) is 18.6. The van der Waals surface area contributed by atoms with E-state index in [1.165, 1.54) is 0 Å². The number of halogens is 1. The van der Waals surface area contributed by atoms with Crippen molar-refractivity contribution in [3.05, 3.63) is 52.3 Å². The first-order valence-electron chi connectivity index (χ1n) is 8.59. The van der Waals surface area contributed by atoms with Crippen LogP contribution in [0, 0.1) is 6.92 Å². The monoisotopic (exact) mass is 374 g/mol. The van der Waals surface area contributed by atoms with Crippen molar-refractivity contribution < 1.29 is 9.90 Å². The lowest BCUT2D eigenvalue weighted by Crippen LogP contribution is -2.45. The molecule has 26 heavy (non-hydrogen) atoms. The molecule has 1 fully saturated rings. The number of carbonyl (C=O) groups is 1. The van der Waals surface area contributed by atoms with E-state index in [2.05, 4.69) is 9.97 Å². The van der Waals surface area contributed by atoms with Crippen molar-refractivity contribution in [1.29, 1.82) is 0 Å². The lowest BCUT2D eigenvalue weighted by Gasteiger charge is -2.38. The van der Waals surface area contributed by atoms with E-state index in [1.54, 1.807) is 28.1 Å². The summed E-state index contributed by atoms with van der Waals surface area (Å²) in [4.78, 5) is 25.0. The molecule has 6 nitrogen and oxygen atoms in total. The van der Waals surface area contributed by atoms with E-state index in [0.29, 0.717) is 48.2 Å². The third-order valence-corrected chi connectivity index (χ3v) is 5.11. The number of rotatable bonds is 3. The zero-order chi connectivity index (χ0) is 18.9. The van der Waals surface area contributed by atoms with E-state index in [9.17, 15) is 9.90 Å². The zero-order valence-corrected chi connectivity index (χ0v) is 16.0. The van der Waals surface area contributed by atoms with E-state index < -0.39 is 5.60 Å². The van der Waals surface area contributed by atoms with Crippen LogP contribution in [0.5, 0.6) is 0 Å². The summed E-state index contributed by atoms with van der Waals surface area (Å²) in [6.45, 7) is 2.77. The van der Waals surface area contributed by atoms with Crippen molar-refractivity contribution in [3.63, 3.8) is 0 Å². The Morgan fingerprint density at radius 3 is 2.38 bits per heavy atom. The van der Waals surface area contributed by atoms with Crippen LogP contribution in [-0.2, 0) is 5.60 Å². The molecule has 0 saturated carbocycles. The van der Waals surface area contributed by atoms with E-state index >= 15 is 0 Å². The molecule has 1 aromatic carbocycles. The predicted molar refractivity (Wildman–Crippen MR) is 102 cm³/mol. The number of piperidine rings is 1. The minimum atomic E-state index is -0.929. The maximum absolute atomic E-state index is 12.8. The number of aryl methyl sites for hydroxylation is 1. The Bertz CT molecular complexity index is 800. The topological polar surface area (TPSA) is 69.6 Å². The van der Waals surface area contributed by atoms with Crippen LogP contribution in [0.15, 0.2) is 30.5 Å². The second kappa shape index (κ2) is 7.21. The SMILES string of the molecule is Cc1nc(N(C)C)ncc1C(=O)N1CCC(O)(c2ccc(Cl)cc2)CC1. The van der Waals surface area contributed by atoms with Gasteiger partial charge in [-0.15, -0.1) is 0 Å². The number of aromatic nitrogens is 2. The fourth-order valence-electron chi connectivity index (χ4n) is 3.18. The van der Waals surface area contributed by atoms with Gasteiger partial charge in [-0.1, -0.05) is 23.7 Å². The van der Waals surface area contributed by atoms with E-state index in [-0.39, 0.29) is 5.91 Å². The molecule has 1 aliphatic rings. The molecule has 0 bridgehead atoms. The van der Waals surface area contributed by atoms with Gasteiger partial charge in [0, 0.05) is 38.4 Å². The zero-order valence-electron chi connectivity index (χ0n) is 15.2. The molecule has 1 aliphatic heterocycles. The average molecular weight is 375 g/mol. The van der Waals surface area contributed by atoms with Crippen molar-refractivity contribution in [1.82, 2.24) is 14.9 Å². The largest absolute Gasteiger partial charge is 0.385 e. The molecule has 0 spiro atoms. The molecule has 2 heterocycles. The van der Waals surface area contributed by atoms with Crippen molar-refractivity contribution in [3.8, 4) is 0 Å². The number of anilines is 1. The lowest BCUT2D eigenvalue weighted by atomic mass is 9.84. The molecule has 3 rings (SSSR count). The number of aliphatic hydroxyl groups is 1. The second-order valence-electron chi connectivity index (χ2n) is 6.89. The molecular formula is C19H23ClN4O2. The van der Waals surface area contributed by atoms with Crippen LogP contribution in [0.25, 0.3) is 0 Å². The third kappa shape index (κ3) is 3.66. The number of amides is 1. The summed E-state index contributed by atoms with van der Waals surface area (Å²) in [6, 6.07) is 7.24. The summed E-state index contributed by atoms with van der Waals surface area (Å²) < 4.78 is 0. The molecule has 0 aliphatic carbocycles. The highest BCUT2D eigenvalue weighted by atomic mass is 35.5. The van der Waals surface area contributed by atoms with E-state index in [1.807, 2.05) is 33.2 Å². The molecule has 1 saturated heterocycles. The van der Waals surface area contributed by atoms with Crippen LogP contribution < -0.4 is 4.90 Å². The van der Waals surface area contributed by atoms with Gasteiger partial charge in [0.2, 0.25) is 5.95 Å². The molecule has 0 radical (unpaired) electrons. The van der Waals surface area contributed by atoms with Gasteiger partial charge >= 0.3 is 0 Å². The Hall–Kier alpha value is -2.18. The molecule has 7 heteroatoms. The summed E-state index contributed by atoms with van der Waals surface area (Å²) in [5.74, 6) is 0.487. The predicted octanol–water partition coefficient (Wildman–Crippen LogP) is 2.63. The molecule has 2 aromatic rings. The van der Waals surface area contributed by atoms with Crippen LogP contribution in [-0.4, -0.2) is 53.1 Å². The highest BCUT2D eigenvalue weighted by molar-refractivity contribution is 6.30. The Morgan fingerprint density at radius 2 is 1.85 bits per heavy atom. The maximum atomic E-state index is 12.8. The third-order valence-electron chi connectivity index (χ3n) is 4.86. The molecule has 1 N–H and O–H groups in total. The van der Waals surface area contributed by atoms with Gasteiger partial charge < -0.3 is 14.9 Å². The van der Waals surface area contributed by atoms with Gasteiger partial charge in [0.1, 0.15) is 0 Å². The van der Waals surface area contributed by atoms with Crippen molar-refractivity contribution in [2.45, 2.75) is 25.4 Å².